The third-order valence-electron chi connectivity index (χ3n) is 11.7. The second kappa shape index (κ2) is 13.2. The van der Waals surface area contributed by atoms with Gasteiger partial charge in [-0.1, -0.05) is 13.8 Å². The summed E-state index contributed by atoms with van der Waals surface area (Å²) in [6.07, 6.45) is 14.1. The number of nitrogens with zero attached hydrogens (tertiary/aromatic N) is 5. The van der Waals surface area contributed by atoms with Crippen molar-refractivity contribution in [3.63, 3.8) is 0 Å². The summed E-state index contributed by atoms with van der Waals surface area (Å²) in [6, 6.07) is 1.41. The minimum absolute atomic E-state index is 0.296. The van der Waals surface area contributed by atoms with Gasteiger partial charge in [0.1, 0.15) is 0 Å². The summed E-state index contributed by atoms with van der Waals surface area (Å²) in [4.78, 5) is 14.4. The van der Waals surface area contributed by atoms with E-state index in [2.05, 4.69) is 59.2 Å². The molecule has 0 aromatic carbocycles. The number of piperidine rings is 5. The molecule has 0 aliphatic carbocycles. The molecule has 0 aromatic heterocycles. The van der Waals surface area contributed by atoms with Crippen LogP contribution in [0.4, 0.5) is 0 Å². The Labute approximate surface area is 236 Å². The summed E-state index contributed by atoms with van der Waals surface area (Å²) in [6.45, 7) is 24.0. The van der Waals surface area contributed by atoms with Crippen molar-refractivity contribution in [3.05, 3.63) is 5.92 Å². The molecule has 38 heavy (non-hydrogen) atoms. The topological polar surface area (TPSA) is 16.2 Å². The normalized spacial score (nSPS) is 38.7. The van der Waals surface area contributed by atoms with Gasteiger partial charge in [-0.25, -0.2) is 0 Å². The van der Waals surface area contributed by atoms with Crippen LogP contribution in [0, 0.1) is 23.7 Å². The Kier molecular flexibility index (Phi) is 10.2. The summed E-state index contributed by atoms with van der Waals surface area (Å²) in [5.74, 6) is 4.43. The Morgan fingerprint density at radius 3 is 2.08 bits per heavy atom. The van der Waals surface area contributed by atoms with Crippen LogP contribution in [-0.2, 0) is 0 Å². The largest absolute Gasteiger partial charge is 0.306 e. The molecule has 0 N–H and O–H groups in total. The van der Waals surface area contributed by atoms with E-state index in [0.717, 1.165) is 23.8 Å². The molecule has 5 aliphatic rings. The van der Waals surface area contributed by atoms with Crippen LogP contribution in [0.2, 0.25) is 0 Å². The van der Waals surface area contributed by atoms with Crippen LogP contribution < -0.4 is 0 Å². The monoisotopic (exact) mass is 529 g/mol. The van der Waals surface area contributed by atoms with Crippen LogP contribution in [-0.4, -0.2) is 121 Å². The van der Waals surface area contributed by atoms with Gasteiger partial charge in [-0.2, -0.15) is 0 Å². The Morgan fingerprint density at radius 1 is 0.711 bits per heavy atom. The van der Waals surface area contributed by atoms with Crippen molar-refractivity contribution in [2.45, 2.75) is 110 Å². The smallest absolute Gasteiger partial charge is 0.0359 e. The highest BCUT2D eigenvalue weighted by Crippen LogP contribution is 2.56. The van der Waals surface area contributed by atoms with E-state index < -0.39 is 0 Å². The molecular weight excluding hydrogens is 466 g/mol. The van der Waals surface area contributed by atoms with Crippen molar-refractivity contribution in [2.75, 3.05) is 79.0 Å². The first-order valence-electron chi connectivity index (χ1n) is 17.0. The molecule has 0 bridgehead atoms. The van der Waals surface area contributed by atoms with Crippen LogP contribution in [0.3, 0.4) is 0 Å². The van der Waals surface area contributed by atoms with Crippen LogP contribution in [0.15, 0.2) is 0 Å². The highest BCUT2D eigenvalue weighted by atomic mass is 15.3. The number of rotatable bonds is 7. The highest BCUT2D eigenvalue weighted by molar-refractivity contribution is 5.27. The minimum Gasteiger partial charge on any atom is -0.306 e. The SMILES string of the molecule is CCN1CCCC([C@@]2([C@@H]3CCCN(C(C)C)C3)[C](C3CCCN(C)C3)CCCN2[C@@H]2CCCN(CC)C2)C1. The molecule has 5 fully saturated rings. The molecule has 5 rings (SSSR count). The second-order valence-corrected chi connectivity index (χ2v) is 14.1. The first-order valence-corrected chi connectivity index (χ1v) is 17.0. The maximum absolute atomic E-state index is 3.26. The van der Waals surface area contributed by atoms with Gasteiger partial charge >= 0.3 is 0 Å². The molecular formula is C33H62N5. The lowest BCUT2D eigenvalue weighted by Crippen LogP contribution is -2.73. The predicted molar refractivity (Wildman–Crippen MR) is 162 cm³/mol. The van der Waals surface area contributed by atoms with Crippen LogP contribution >= 0.6 is 0 Å². The second-order valence-electron chi connectivity index (χ2n) is 14.1. The standard InChI is InChI=1S/C33H62N5/c1-6-35-19-9-14-29(24-35)33(30-15-10-21-37(25-30)27(3)4)32(28-13-8-18-34(5)23-28)17-12-22-38(33)31-16-11-20-36(7-2)26-31/h27-31H,6-26H2,1-5H3/t28?,29?,30-,31-,33-/m1/s1. The fraction of sp³-hybridized carbons (Fsp3) is 0.970. The molecule has 2 unspecified atom stereocenters. The fourth-order valence-electron chi connectivity index (χ4n) is 9.91. The Hall–Kier alpha value is -0.200. The minimum atomic E-state index is 0.296. The van der Waals surface area contributed by atoms with Crippen molar-refractivity contribution >= 4 is 0 Å². The molecule has 219 valence electrons. The van der Waals surface area contributed by atoms with Gasteiger partial charge in [0.25, 0.3) is 0 Å². The molecule has 0 saturated carbocycles. The van der Waals surface area contributed by atoms with Crippen molar-refractivity contribution in [3.8, 4) is 0 Å². The van der Waals surface area contributed by atoms with Gasteiger partial charge in [0.15, 0.2) is 0 Å². The summed E-state index contributed by atoms with van der Waals surface area (Å²) in [5, 5.41) is 0. The van der Waals surface area contributed by atoms with E-state index >= 15 is 0 Å². The molecule has 5 heteroatoms. The molecule has 5 atom stereocenters. The molecule has 5 nitrogen and oxygen atoms in total. The van der Waals surface area contributed by atoms with E-state index in [1.165, 1.54) is 136 Å². The van der Waals surface area contributed by atoms with Crippen LogP contribution in [0.5, 0.6) is 0 Å². The molecule has 0 amide bonds. The lowest BCUT2D eigenvalue weighted by atomic mass is 9.54. The van der Waals surface area contributed by atoms with Gasteiger partial charge in [0, 0.05) is 49.7 Å². The average Bonchev–Trinajstić information content (AvgIpc) is 2.96. The summed E-state index contributed by atoms with van der Waals surface area (Å²) in [7, 11) is 2.40. The Balaban J connectivity index is 1.60. The van der Waals surface area contributed by atoms with Crippen LogP contribution in [0.1, 0.15) is 91.9 Å². The van der Waals surface area contributed by atoms with Gasteiger partial charge in [-0.15, -0.1) is 0 Å². The van der Waals surface area contributed by atoms with Crippen LogP contribution in [0.25, 0.3) is 0 Å². The number of likely N-dealkylation sites (N-methyl/N-ethyl adjacent to an activating group) is 1. The number of hydrogen-bond donors (Lipinski definition) is 0. The van der Waals surface area contributed by atoms with E-state index in [9.17, 15) is 0 Å². The molecule has 1 radical (unpaired) electrons. The quantitative estimate of drug-likeness (QED) is 0.457. The van der Waals surface area contributed by atoms with Gasteiger partial charge in [0.2, 0.25) is 0 Å². The van der Waals surface area contributed by atoms with E-state index in [-0.39, 0.29) is 0 Å². The van der Waals surface area contributed by atoms with Crippen molar-refractivity contribution in [1.82, 2.24) is 24.5 Å². The van der Waals surface area contributed by atoms with E-state index in [1.54, 1.807) is 0 Å². The maximum Gasteiger partial charge on any atom is 0.0359 e. The third kappa shape index (κ3) is 5.89. The van der Waals surface area contributed by atoms with Crippen molar-refractivity contribution in [2.24, 2.45) is 17.8 Å². The lowest BCUT2D eigenvalue weighted by Gasteiger charge is -2.66. The number of hydrogen-bond acceptors (Lipinski definition) is 5. The van der Waals surface area contributed by atoms with Crippen molar-refractivity contribution < 1.29 is 0 Å². The first kappa shape index (κ1) is 29.3. The summed E-state index contributed by atoms with van der Waals surface area (Å²) in [5.41, 5.74) is 0.296. The maximum atomic E-state index is 3.26. The van der Waals surface area contributed by atoms with Gasteiger partial charge in [-0.05, 0) is 149 Å². The van der Waals surface area contributed by atoms with Gasteiger partial charge in [-0.3, -0.25) is 4.90 Å². The molecule has 5 saturated heterocycles. The fourth-order valence-corrected chi connectivity index (χ4v) is 9.91. The van der Waals surface area contributed by atoms with Gasteiger partial charge < -0.3 is 19.6 Å². The first-order chi connectivity index (χ1) is 18.5. The average molecular weight is 529 g/mol. The lowest BCUT2D eigenvalue weighted by molar-refractivity contribution is -0.114. The Morgan fingerprint density at radius 2 is 1.37 bits per heavy atom. The summed E-state index contributed by atoms with van der Waals surface area (Å²) >= 11 is 0. The van der Waals surface area contributed by atoms with E-state index in [4.69, 9.17) is 0 Å². The van der Waals surface area contributed by atoms with E-state index in [1.807, 2.05) is 5.92 Å². The zero-order valence-electron chi connectivity index (χ0n) is 26.0. The third-order valence-corrected chi connectivity index (χ3v) is 11.7. The zero-order chi connectivity index (χ0) is 26.7. The Bertz CT molecular complexity index is 728. The molecule has 0 aromatic rings. The molecule has 5 aliphatic heterocycles. The molecule has 5 heterocycles. The molecule has 0 spiro atoms. The zero-order valence-corrected chi connectivity index (χ0v) is 26.0. The highest BCUT2D eigenvalue weighted by Gasteiger charge is 2.60. The summed E-state index contributed by atoms with van der Waals surface area (Å²) < 4.78 is 0. The predicted octanol–water partition coefficient (Wildman–Crippen LogP) is 5.07. The van der Waals surface area contributed by atoms with E-state index in [0.29, 0.717) is 11.6 Å². The van der Waals surface area contributed by atoms with Gasteiger partial charge in [0.05, 0.1) is 0 Å². The number of likely N-dealkylation sites (tertiary alicyclic amines) is 5. The van der Waals surface area contributed by atoms with Crippen molar-refractivity contribution in [1.29, 1.82) is 0 Å².